The van der Waals surface area contributed by atoms with Crippen LogP contribution < -0.4 is 5.32 Å². The van der Waals surface area contributed by atoms with Crippen molar-refractivity contribution in [2.45, 2.75) is 25.5 Å². The minimum absolute atomic E-state index is 0.0421. The van der Waals surface area contributed by atoms with E-state index >= 15 is 0 Å². The Balaban J connectivity index is 2.30. The molecule has 0 radical (unpaired) electrons. The normalized spacial score (nSPS) is 30.4. The Morgan fingerprint density at radius 1 is 1.73 bits per heavy atom. The van der Waals surface area contributed by atoms with Gasteiger partial charge in [0, 0.05) is 6.42 Å². The standard InChI is InChI=1S/C7H13NO3/c1-2-7(10)8-5-3-11-4-6(5)9/h5-6,9H,2-4H2,1H3,(H,8,10)/t5-,6+/m0/s1. The third-order valence-corrected chi connectivity index (χ3v) is 1.72. The van der Waals surface area contributed by atoms with Crippen LogP contribution in [-0.4, -0.2) is 36.4 Å². The zero-order valence-corrected chi connectivity index (χ0v) is 6.54. The number of rotatable bonds is 2. The topological polar surface area (TPSA) is 58.6 Å². The van der Waals surface area contributed by atoms with Gasteiger partial charge in [-0.2, -0.15) is 0 Å². The molecule has 0 aromatic heterocycles. The summed E-state index contributed by atoms with van der Waals surface area (Å²) in [5.41, 5.74) is 0. The molecule has 1 heterocycles. The van der Waals surface area contributed by atoms with E-state index in [0.717, 1.165) is 0 Å². The average Bonchev–Trinajstić information content (AvgIpc) is 2.37. The molecule has 1 fully saturated rings. The highest BCUT2D eigenvalue weighted by Crippen LogP contribution is 2.04. The first kappa shape index (κ1) is 8.49. The average molecular weight is 159 g/mol. The smallest absolute Gasteiger partial charge is 0.220 e. The molecule has 64 valence electrons. The maximum atomic E-state index is 10.8. The summed E-state index contributed by atoms with van der Waals surface area (Å²) >= 11 is 0. The van der Waals surface area contributed by atoms with Crippen molar-refractivity contribution in [2.75, 3.05) is 13.2 Å². The Kier molecular flexibility index (Phi) is 2.84. The van der Waals surface area contributed by atoms with Gasteiger partial charge in [0.2, 0.25) is 5.91 Å². The van der Waals surface area contributed by atoms with Crippen molar-refractivity contribution < 1.29 is 14.6 Å². The van der Waals surface area contributed by atoms with Gasteiger partial charge >= 0.3 is 0 Å². The summed E-state index contributed by atoms with van der Waals surface area (Å²) in [5.74, 6) is -0.0421. The lowest BCUT2D eigenvalue weighted by atomic mass is 10.2. The molecule has 0 spiro atoms. The molecule has 2 N–H and O–H groups in total. The molecule has 0 unspecified atom stereocenters. The highest BCUT2D eigenvalue weighted by Gasteiger charge is 2.26. The minimum Gasteiger partial charge on any atom is -0.388 e. The molecule has 2 atom stereocenters. The fourth-order valence-electron chi connectivity index (χ4n) is 0.990. The zero-order chi connectivity index (χ0) is 8.27. The maximum Gasteiger partial charge on any atom is 0.220 e. The van der Waals surface area contributed by atoms with Gasteiger partial charge in [-0.1, -0.05) is 6.92 Å². The van der Waals surface area contributed by atoms with Crippen LogP contribution in [0.25, 0.3) is 0 Å². The molecule has 4 nitrogen and oxygen atoms in total. The van der Waals surface area contributed by atoms with Gasteiger partial charge in [0.15, 0.2) is 0 Å². The van der Waals surface area contributed by atoms with Crippen molar-refractivity contribution >= 4 is 5.91 Å². The lowest BCUT2D eigenvalue weighted by Crippen LogP contribution is -2.42. The van der Waals surface area contributed by atoms with Crippen LogP contribution in [0.5, 0.6) is 0 Å². The van der Waals surface area contributed by atoms with Gasteiger partial charge in [0.25, 0.3) is 0 Å². The van der Waals surface area contributed by atoms with Crippen LogP contribution in [0.1, 0.15) is 13.3 Å². The summed E-state index contributed by atoms with van der Waals surface area (Å²) in [6, 6.07) is -0.206. The summed E-state index contributed by atoms with van der Waals surface area (Å²) in [5, 5.41) is 11.9. The molecule has 0 saturated carbocycles. The molecular formula is C7H13NO3. The van der Waals surface area contributed by atoms with Gasteiger partial charge in [-0.05, 0) is 0 Å². The third-order valence-electron chi connectivity index (χ3n) is 1.72. The summed E-state index contributed by atoms with van der Waals surface area (Å²) in [6.45, 7) is 2.53. The van der Waals surface area contributed by atoms with Crippen LogP contribution in [-0.2, 0) is 9.53 Å². The van der Waals surface area contributed by atoms with Gasteiger partial charge in [-0.25, -0.2) is 0 Å². The molecule has 11 heavy (non-hydrogen) atoms. The second-order valence-electron chi connectivity index (χ2n) is 2.63. The van der Waals surface area contributed by atoms with E-state index in [1.807, 2.05) is 0 Å². The van der Waals surface area contributed by atoms with Crippen molar-refractivity contribution in [1.82, 2.24) is 5.32 Å². The molecule has 0 aromatic rings. The number of nitrogens with one attached hydrogen (secondary N) is 1. The van der Waals surface area contributed by atoms with Gasteiger partial charge in [-0.15, -0.1) is 0 Å². The van der Waals surface area contributed by atoms with E-state index < -0.39 is 6.10 Å². The van der Waals surface area contributed by atoms with Crippen molar-refractivity contribution in [2.24, 2.45) is 0 Å². The molecular weight excluding hydrogens is 146 g/mol. The number of ether oxygens (including phenoxy) is 1. The first-order chi connectivity index (χ1) is 5.24. The molecule has 0 bridgehead atoms. The van der Waals surface area contributed by atoms with E-state index in [-0.39, 0.29) is 11.9 Å². The van der Waals surface area contributed by atoms with Gasteiger partial charge in [0.1, 0.15) is 0 Å². The number of carbonyl (C=O) groups is 1. The molecule has 1 aliphatic heterocycles. The largest absolute Gasteiger partial charge is 0.388 e. The van der Waals surface area contributed by atoms with Gasteiger partial charge in [0.05, 0.1) is 25.4 Å². The second kappa shape index (κ2) is 3.69. The van der Waals surface area contributed by atoms with Gasteiger partial charge < -0.3 is 15.2 Å². The summed E-state index contributed by atoms with van der Waals surface area (Å²) in [4.78, 5) is 10.8. The maximum absolute atomic E-state index is 10.8. The fourth-order valence-corrected chi connectivity index (χ4v) is 0.990. The van der Waals surface area contributed by atoms with E-state index in [1.54, 1.807) is 6.92 Å². The van der Waals surface area contributed by atoms with Crippen molar-refractivity contribution in [1.29, 1.82) is 0 Å². The minimum atomic E-state index is -0.537. The Morgan fingerprint density at radius 2 is 2.45 bits per heavy atom. The number of amides is 1. The molecule has 1 aliphatic rings. The van der Waals surface area contributed by atoms with Crippen LogP contribution in [0.2, 0.25) is 0 Å². The van der Waals surface area contributed by atoms with E-state index in [2.05, 4.69) is 5.32 Å². The molecule has 1 amide bonds. The van der Waals surface area contributed by atoms with Crippen LogP contribution in [0.4, 0.5) is 0 Å². The number of carbonyl (C=O) groups excluding carboxylic acids is 1. The van der Waals surface area contributed by atoms with Crippen molar-refractivity contribution in [3.63, 3.8) is 0 Å². The number of hydrogen-bond donors (Lipinski definition) is 2. The van der Waals surface area contributed by atoms with E-state index in [4.69, 9.17) is 4.74 Å². The quantitative estimate of drug-likeness (QED) is 0.558. The molecule has 0 aliphatic carbocycles. The summed E-state index contributed by atoms with van der Waals surface area (Å²) < 4.78 is 4.95. The van der Waals surface area contributed by atoms with Crippen LogP contribution in [0, 0.1) is 0 Å². The highest BCUT2D eigenvalue weighted by atomic mass is 16.5. The number of hydrogen-bond acceptors (Lipinski definition) is 3. The predicted octanol–water partition coefficient (Wildman–Crippen LogP) is -0.728. The van der Waals surface area contributed by atoms with Gasteiger partial charge in [-0.3, -0.25) is 4.79 Å². The Hall–Kier alpha value is -0.610. The highest BCUT2D eigenvalue weighted by molar-refractivity contribution is 5.75. The molecule has 1 rings (SSSR count). The van der Waals surface area contributed by atoms with Crippen molar-refractivity contribution in [3.05, 3.63) is 0 Å². The molecule has 4 heteroatoms. The van der Waals surface area contributed by atoms with E-state index in [9.17, 15) is 9.90 Å². The fraction of sp³-hybridized carbons (Fsp3) is 0.857. The van der Waals surface area contributed by atoms with Crippen LogP contribution in [0.3, 0.4) is 0 Å². The lowest BCUT2D eigenvalue weighted by molar-refractivity contribution is -0.122. The summed E-state index contributed by atoms with van der Waals surface area (Å²) in [6.07, 6.45) is -0.0889. The van der Waals surface area contributed by atoms with Crippen molar-refractivity contribution in [3.8, 4) is 0 Å². The Bertz CT molecular complexity index is 149. The SMILES string of the molecule is CCC(=O)N[C@H]1COC[C@H]1O. The number of aliphatic hydroxyl groups is 1. The Morgan fingerprint density at radius 3 is 2.91 bits per heavy atom. The first-order valence-electron chi connectivity index (χ1n) is 3.79. The molecule has 0 aromatic carbocycles. The summed E-state index contributed by atoms with van der Waals surface area (Å²) in [7, 11) is 0. The first-order valence-corrected chi connectivity index (χ1v) is 3.79. The predicted molar refractivity (Wildman–Crippen MR) is 39.0 cm³/mol. The second-order valence-corrected chi connectivity index (χ2v) is 2.63. The number of aliphatic hydroxyl groups excluding tert-OH is 1. The Labute approximate surface area is 65.5 Å². The lowest BCUT2D eigenvalue weighted by Gasteiger charge is -2.13. The third kappa shape index (κ3) is 2.17. The monoisotopic (exact) mass is 159 g/mol. The molecule has 1 saturated heterocycles. The zero-order valence-electron chi connectivity index (χ0n) is 6.54. The van der Waals surface area contributed by atoms with Crippen LogP contribution in [0.15, 0.2) is 0 Å². The van der Waals surface area contributed by atoms with E-state index in [1.165, 1.54) is 0 Å². The van der Waals surface area contributed by atoms with Crippen LogP contribution >= 0.6 is 0 Å². The van der Waals surface area contributed by atoms with E-state index in [0.29, 0.717) is 19.6 Å².